The van der Waals surface area contributed by atoms with Gasteiger partial charge in [0.15, 0.2) is 0 Å². The van der Waals surface area contributed by atoms with Crippen LogP contribution < -0.4 is 9.62 Å². The van der Waals surface area contributed by atoms with Crippen molar-refractivity contribution in [3.63, 3.8) is 0 Å². The summed E-state index contributed by atoms with van der Waals surface area (Å²) < 4.78 is 28.7. The minimum Gasteiger partial charge on any atom is -0.481 e. The number of hydrogen-bond acceptors (Lipinski definition) is 6. The van der Waals surface area contributed by atoms with Crippen LogP contribution in [0.2, 0.25) is 10.0 Å². The predicted octanol–water partition coefficient (Wildman–Crippen LogP) is 3.09. The van der Waals surface area contributed by atoms with E-state index in [0.29, 0.717) is 27.9 Å². The van der Waals surface area contributed by atoms with Gasteiger partial charge in [0.2, 0.25) is 10.0 Å². The van der Waals surface area contributed by atoms with Crippen LogP contribution in [0.4, 0.5) is 5.82 Å². The second kappa shape index (κ2) is 9.22. The van der Waals surface area contributed by atoms with Crippen LogP contribution in [0.1, 0.15) is 19.3 Å². The lowest BCUT2D eigenvalue weighted by atomic mass is 10.1. The first-order valence-electron chi connectivity index (χ1n) is 9.98. The van der Waals surface area contributed by atoms with Crippen LogP contribution in [0.3, 0.4) is 0 Å². The number of aromatic nitrogens is 3. The largest absolute Gasteiger partial charge is 0.481 e. The number of nitrogens with one attached hydrogen (secondary N) is 1. The highest BCUT2D eigenvalue weighted by Gasteiger charge is 2.28. The van der Waals surface area contributed by atoms with Gasteiger partial charge in [-0.25, -0.2) is 23.1 Å². The lowest BCUT2D eigenvalue weighted by Crippen LogP contribution is -2.41. The zero-order valence-electron chi connectivity index (χ0n) is 16.9. The number of imidazole rings is 1. The summed E-state index contributed by atoms with van der Waals surface area (Å²) in [4.78, 5) is 21.6. The molecule has 0 amide bonds. The molecule has 0 bridgehead atoms. The van der Waals surface area contributed by atoms with Crippen molar-refractivity contribution in [3.8, 4) is 5.69 Å². The highest BCUT2D eigenvalue weighted by molar-refractivity contribution is 7.89. The molecule has 3 heterocycles. The Bertz CT molecular complexity index is 1250. The maximum Gasteiger partial charge on any atom is 0.304 e. The molecule has 0 unspecified atom stereocenters. The summed E-state index contributed by atoms with van der Waals surface area (Å²) in [6, 6.07) is 5.37. The summed E-state index contributed by atoms with van der Waals surface area (Å²) >= 11 is 12.7. The molecule has 2 N–H and O–H groups in total. The molecule has 1 aromatic carbocycles. The molecule has 0 saturated carbocycles. The summed E-state index contributed by atoms with van der Waals surface area (Å²) in [5.41, 5.74) is 1.38. The predicted molar refractivity (Wildman–Crippen MR) is 123 cm³/mol. The number of carbonyl (C=O) groups is 1. The standard InChI is InChI=1S/C20H21Cl2N5O4S/c21-15-4-3-14-16(26-8-6-23-12-26)10-17(25-20(14)19(15)22)27-7-1-2-13(27)11-24-32(30,31)9-5-18(28)29/h3-4,6,8,10,12-13,24H,1-2,5,7,9,11H2,(H,28,29)/t13-/m0/s1. The maximum absolute atomic E-state index is 12.2. The second-order valence-corrected chi connectivity index (χ2v) is 10.2. The second-order valence-electron chi connectivity index (χ2n) is 7.53. The molecular formula is C20H21Cl2N5O4S. The van der Waals surface area contributed by atoms with Crippen molar-refractivity contribution in [3.05, 3.63) is 47.0 Å². The number of carboxylic acid groups (broad SMARTS) is 1. The molecule has 4 rings (SSSR count). The number of hydrogen-bond donors (Lipinski definition) is 2. The molecule has 1 fully saturated rings. The van der Waals surface area contributed by atoms with Crippen LogP contribution in [0.5, 0.6) is 0 Å². The van der Waals surface area contributed by atoms with Crippen LogP contribution in [0, 0.1) is 0 Å². The molecule has 12 heteroatoms. The molecule has 0 aliphatic carbocycles. The van der Waals surface area contributed by atoms with Crippen molar-refractivity contribution in [1.82, 2.24) is 19.3 Å². The third kappa shape index (κ3) is 4.83. The number of aliphatic carboxylic acids is 1. The molecule has 170 valence electrons. The van der Waals surface area contributed by atoms with Crippen molar-refractivity contribution in [2.24, 2.45) is 0 Å². The minimum absolute atomic E-state index is 0.131. The van der Waals surface area contributed by atoms with E-state index in [0.717, 1.165) is 23.9 Å². The molecule has 2 aromatic heterocycles. The Kier molecular flexibility index (Phi) is 6.57. The zero-order chi connectivity index (χ0) is 22.9. The molecule has 1 aliphatic rings. The Morgan fingerprint density at radius 3 is 2.84 bits per heavy atom. The van der Waals surface area contributed by atoms with E-state index in [9.17, 15) is 13.2 Å². The Morgan fingerprint density at radius 2 is 2.12 bits per heavy atom. The first kappa shape index (κ1) is 22.8. The van der Waals surface area contributed by atoms with Gasteiger partial charge in [-0.15, -0.1) is 0 Å². The summed E-state index contributed by atoms with van der Waals surface area (Å²) in [7, 11) is -3.69. The number of anilines is 1. The zero-order valence-corrected chi connectivity index (χ0v) is 19.2. The molecular weight excluding hydrogens is 477 g/mol. The molecule has 3 aromatic rings. The van der Waals surface area contributed by atoms with Gasteiger partial charge in [0.05, 0.1) is 39.8 Å². The van der Waals surface area contributed by atoms with E-state index in [-0.39, 0.29) is 12.6 Å². The van der Waals surface area contributed by atoms with E-state index >= 15 is 0 Å². The topological polar surface area (TPSA) is 117 Å². The lowest BCUT2D eigenvalue weighted by molar-refractivity contribution is -0.136. The summed E-state index contributed by atoms with van der Waals surface area (Å²) in [5.74, 6) is -0.958. The van der Waals surface area contributed by atoms with E-state index in [1.807, 2.05) is 27.8 Å². The van der Waals surface area contributed by atoms with Crippen LogP contribution in [-0.4, -0.2) is 58.9 Å². The number of pyridine rings is 1. The third-order valence-corrected chi connectivity index (χ3v) is 7.56. The van der Waals surface area contributed by atoms with Gasteiger partial charge in [-0.2, -0.15) is 0 Å². The van der Waals surface area contributed by atoms with Crippen molar-refractivity contribution < 1.29 is 18.3 Å². The first-order valence-corrected chi connectivity index (χ1v) is 12.4. The molecule has 1 saturated heterocycles. The van der Waals surface area contributed by atoms with Gasteiger partial charge < -0.3 is 14.6 Å². The molecule has 0 radical (unpaired) electrons. The first-order chi connectivity index (χ1) is 15.2. The number of benzene rings is 1. The van der Waals surface area contributed by atoms with Gasteiger partial charge >= 0.3 is 5.97 Å². The molecule has 0 spiro atoms. The number of rotatable bonds is 8. The van der Waals surface area contributed by atoms with E-state index < -0.39 is 28.2 Å². The molecule has 9 nitrogen and oxygen atoms in total. The number of fused-ring (bicyclic) bond motifs is 1. The molecule has 1 atom stereocenters. The normalized spacial score (nSPS) is 16.7. The number of nitrogens with zero attached hydrogens (tertiary/aromatic N) is 4. The quantitative estimate of drug-likeness (QED) is 0.490. The highest BCUT2D eigenvalue weighted by atomic mass is 35.5. The summed E-state index contributed by atoms with van der Waals surface area (Å²) in [6.07, 6.45) is 6.37. The van der Waals surface area contributed by atoms with E-state index in [2.05, 4.69) is 9.71 Å². The van der Waals surface area contributed by atoms with E-state index in [1.165, 1.54) is 0 Å². The lowest BCUT2D eigenvalue weighted by Gasteiger charge is -2.27. The fourth-order valence-corrected chi connectivity index (χ4v) is 5.23. The van der Waals surface area contributed by atoms with Gasteiger partial charge in [0, 0.05) is 43.0 Å². The monoisotopic (exact) mass is 497 g/mol. The van der Waals surface area contributed by atoms with Crippen molar-refractivity contribution >= 4 is 55.9 Å². The van der Waals surface area contributed by atoms with Crippen molar-refractivity contribution in [1.29, 1.82) is 0 Å². The Labute approximate surface area is 195 Å². The highest BCUT2D eigenvalue weighted by Crippen LogP contribution is 2.36. The van der Waals surface area contributed by atoms with Crippen molar-refractivity contribution in [2.45, 2.75) is 25.3 Å². The average molecular weight is 498 g/mol. The Balaban J connectivity index is 1.66. The fraction of sp³-hybridized carbons (Fsp3) is 0.350. The van der Waals surface area contributed by atoms with Crippen LogP contribution in [0.15, 0.2) is 36.9 Å². The average Bonchev–Trinajstić information content (AvgIpc) is 3.45. The fourth-order valence-electron chi connectivity index (χ4n) is 3.83. The molecule has 1 aliphatic heterocycles. The SMILES string of the molecule is O=C(O)CCS(=O)(=O)NC[C@@H]1CCCN1c1cc(-n2ccnc2)c2ccc(Cl)c(Cl)c2n1. The Hall–Kier alpha value is -2.40. The summed E-state index contributed by atoms with van der Waals surface area (Å²) in [5, 5.41) is 10.3. The van der Waals surface area contributed by atoms with Gasteiger partial charge in [-0.3, -0.25) is 4.79 Å². The van der Waals surface area contributed by atoms with Crippen LogP contribution in [-0.2, 0) is 14.8 Å². The van der Waals surface area contributed by atoms with Crippen LogP contribution in [0.25, 0.3) is 16.6 Å². The Morgan fingerprint density at radius 1 is 1.31 bits per heavy atom. The van der Waals surface area contributed by atoms with Crippen LogP contribution >= 0.6 is 23.2 Å². The maximum atomic E-state index is 12.2. The van der Waals surface area contributed by atoms with E-state index in [4.69, 9.17) is 33.3 Å². The van der Waals surface area contributed by atoms with Crippen molar-refractivity contribution in [2.75, 3.05) is 23.7 Å². The van der Waals surface area contributed by atoms with Gasteiger partial charge in [-0.1, -0.05) is 23.2 Å². The third-order valence-electron chi connectivity index (χ3n) is 5.41. The number of halogens is 2. The number of sulfonamides is 1. The molecule has 32 heavy (non-hydrogen) atoms. The van der Waals surface area contributed by atoms with Gasteiger partial charge in [0.25, 0.3) is 0 Å². The number of carboxylic acids is 1. The minimum atomic E-state index is -3.69. The van der Waals surface area contributed by atoms with Gasteiger partial charge in [0.1, 0.15) is 5.82 Å². The van der Waals surface area contributed by atoms with Gasteiger partial charge in [-0.05, 0) is 25.0 Å². The van der Waals surface area contributed by atoms with E-state index in [1.54, 1.807) is 18.6 Å². The smallest absolute Gasteiger partial charge is 0.304 e. The summed E-state index contributed by atoms with van der Waals surface area (Å²) in [6.45, 7) is 0.854.